The summed E-state index contributed by atoms with van der Waals surface area (Å²) in [5, 5.41) is 3.07. The fourth-order valence-electron chi connectivity index (χ4n) is 4.11. The molecule has 0 aliphatic rings. The van der Waals surface area contributed by atoms with Gasteiger partial charge >= 0.3 is 18.3 Å². The molecule has 0 aliphatic heterocycles. The largest absolute Gasteiger partial charge is 0.460 e. The van der Waals surface area contributed by atoms with E-state index < -0.39 is 29.4 Å². The number of furan rings is 1. The van der Waals surface area contributed by atoms with Crippen LogP contribution in [0.15, 0.2) is 77.7 Å². The van der Waals surface area contributed by atoms with E-state index in [2.05, 4.69) is 48.9 Å². The Labute approximate surface area is 288 Å². The number of nitrogens with zero attached hydrogens (tertiary/aromatic N) is 4. The lowest BCUT2D eigenvalue weighted by molar-refractivity contribution is -0.138. The van der Waals surface area contributed by atoms with Crippen molar-refractivity contribution < 1.29 is 40.3 Å². The van der Waals surface area contributed by atoms with E-state index in [4.69, 9.17) is 14.9 Å². The molecule has 51 heavy (non-hydrogen) atoms. The summed E-state index contributed by atoms with van der Waals surface area (Å²) < 4.78 is 85.6. The number of carbonyl (C=O) groups excluding carboxylic acids is 1. The van der Waals surface area contributed by atoms with Gasteiger partial charge in [0.1, 0.15) is 30.1 Å². The van der Waals surface area contributed by atoms with Crippen molar-refractivity contribution in [2.45, 2.75) is 39.7 Å². The average Bonchev–Trinajstić information content (AvgIpc) is 3.56. The Bertz CT molecular complexity index is 2080. The maximum absolute atomic E-state index is 12.7. The molecule has 262 valence electrons. The van der Waals surface area contributed by atoms with Crippen molar-refractivity contribution in [1.29, 1.82) is 0 Å². The third-order valence-corrected chi connectivity index (χ3v) is 6.76. The average molecular weight is 707 g/mol. The summed E-state index contributed by atoms with van der Waals surface area (Å²) in [6.45, 7) is 5.65. The van der Waals surface area contributed by atoms with Crippen molar-refractivity contribution in [3.8, 4) is 23.7 Å². The molecule has 3 aromatic heterocycles. The van der Waals surface area contributed by atoms with Gasteiger partial charge < -0.3 is 20.2 Å². The van der Waals surface area contributed by atoms with Crippen LogP contribution in [0.25, 0.3) is 0 Å². The highest BCUT2D eigenvalue weighted by Gasteiger charge is 2.30. The molecule has 0 unspecified atom stereocenters. The monoisotopic (exact) mass is 706 g/mol. The standard InChI is InChI=1S/C22H18F3N3O3.C14H10F3N3/c1-3-30-21(29)19-11-9-17(31-19)12-26-20-18(14(2)27-13-28-20)10-6-15-4-7-16(8-5-15)22(23,24)25;1-9-12(13(18)20-8-19-9)7-4-10-2-5-11(6-3-10)14(15,16)17/h4-5,7-9,11,13H,3,12H2,1-2H3,(H,26,27,28);2-3,5-6,8H,1H3,(H2,18,19,20). The van der Waals surface area contributed by atoms with Gasteiger partial charge in [-0.05, 0) is 81.4 Å². The van der Waals surface area contributed by atoms with Crippen LogP contribution in [0.1, 0.15) is 68.0 Å². The highest BCUT2D eigenvalue weighted by molar-refractivity contribution is 5.86. The predicted octanol–water partition coefficient (Wildman–Crippen LogP) is 7.37. The van der Waals surface area contributed by atoms with Gasteiger partial charge in [-0.1, -0.05) is 23.7 Å². The Morgan fingerprint density at radius 1 is 0.745 bits per heavy atom. The predicted molar refractivity (Wildman–Crippen MR) is 175 cm³/mol. The van der Waals surface area contributed by atoms with E-state index in [1.807, 2.05) is 0 Å². The summed E-state index contributed by atoms with van der Waals surface area (Å²) in [5.74, 6) is 12.0. The number of nitrogens with two attached hydrogens (primary N) is 1. The number of anilines is 2. The Morgan fingerprint density at radius 2 is 1.25 bits per heavy atom. The van der Waals surface area contributed by atoms with Crippen LogP contribution in [-0.2, 0) is 23.6 Å². The number of halogens is 6. The molecule has 0 saturated carbocycles. The van der Waals surface area contributed by atoms with Gasteiger partial charge in [-0.15, -0.1) is 0 Å². The summed E-state index contributed by atoms with van der Waals surface area (Å²) in [7, 11) is 0. The molecule has 9 nitrogen and oxygen atoms in total. The van der Waals surface area contributed by atoms with E-state index in [1.165, 1.54) is 43.0 Å². The van der Waals surface area contributed by atoms with Crippen molar-refractivity contribution in [1.82, 2.24) is 19.9 Å². The fourth-order valence-corrected chi connectivity index (χ4v) is 4.11. The second kappa shape index (κ2) is 16.4. The van der Waals surface area contributed by atoms with Crippen LogP contribution in [0.4, 0.5) is 38.0 Å². The van der Waals surface area contributed by atoms with Crippen molar-refractivity contribution in [2.24, 2.45) is 0 Å². The van der Waals surface area contributed by atoms with Crippen LogP contribution in [0, 0.1) is 37.5 Å². The molecule has 0 bridgehead atoms. The first-order valence-electron chi connectivity index (χ1n) is 14.9. The number of aromatic nitrogens is 4. The van der Waals surface area contributed by atoms with Crippen molar-refractivity contribution in [3.63, 3.8) is 0 Å². The number of nitrogen functional groups attached to an aromatic ring is 1. The molecule has 5 aromatic rings. The van der Waals surface area contributed by atoms with Crippen LogP contribution < -0.4 is 11.1 Å². The van der Waals surface area contributed by atoms with Gasteiger partial charge in [0.05, 0.1) is 46.8 Å². The van der Waals surface area contributed by atoms with Crippen molar-refractivity contribution >= 4 is 17.6 Å². The fraction of sp³-hybridized carbons (Fsp3) is 0.194. The zero-order valence-electron chi connectivity index (χ0n) is 27.2. The van der Waals surface area contributed by atoms with Gasteiger partial charge in [0, 0.05) is 11.1 Å². The first-order valence-corrected chi connectivity index (χ1v) is 14.9. The minimum atomic E-state index is -4.40. The molecule has 0 amide bonds. The van der Waals surface area contributed by atoms with E-state index in [1.54, 1.807) is 26.8 Å². The number of hydrogen-bond donors (Lipinski definition) is 2. The summed E-state index contributed by atoms with van der Waals surface area (Å²) in [4.78, 5) is 27.8. The van der Waals surface area contributed by atoms with E-state index in [0.29, 0.717) is 45.2 Å². The molecular weight excluding hydrogens is 678 g/mol. The van der Waals surface area contributed by atoms with Gasteiger partial charge in [-0.25, -0.2) is 24.7 Å². The SMILES string of the molecule is CCOC(=O)c1ccc(CNc2ncnc(C)c2C#Cc2ccc(C(F)(F)F)cc2)o1.Cc1ncnc(N)c1C#Cc1ccc(C(F)(F)F)cc1. The first-order chi connectivity index (χ1) is 24.2. The minimum absolute atomic E-state index is 0.0971. The van der Waals surface area contributed by atoms with Crippen molar-refractivity contribution in [2.75, 3.05) is 17.7 Å². The molecule has 0 saturated heterocycles. The number of nitrogens with one attached hydrogen (secondary N) is 1. The lowest BCUT2D eigenvalue weighted by Gasteiger charge is -2.08. The summed E-state index contributed by atoms with van der Waals surface area (Å²) >= 11 is 0. The van der Waals surface area contributed by atoms with Crippen LogP contribution >= 0.6 is 0 Å². The zero-order valence-corrected chi connectivity index (χ0v) is 27.2. The third-order valence-electron chi connectivity index (χ3n) is 6.76. The highest BCUT2D eigenvalue weighted by Crippen LogP contribution is 2.30. The molecule has 3 N–H and O–H groups in total. The molecule has 3 heterocycles. The number of aryl methyl sites for hydroxylation is 2. The Kier molecular flexibility index (Phi) is 12.0. The molecule has 0 fully saturated rings. The number of alkyl halides is 6. The van der Waals surface area contributed by atoms with Gasteiger partial charge in [0.15, 0.2) is 0 Å². The van der Waals surface area contributed by atoms with Gasteiger partial charge in [-0.3, -0.25) is 0 Å². The molecule has 5 rings (SSSR count). The van der Waals surface area contributed by atoms with Gasteiger partial charge in [0.2, 0.25) is 5.76 Å². The maximum Gasteiger partial charge on any atom is 0.416 e. The van der Waals surface area contributed by atoms with Crippen molar-refractivity contribution in [3.05, 3.63) is 130 Å². The van der Waals surface area contributed by atoms with E-state index >= 15 is 0 Å². The summed E-state index contributed by atoms with van der Waals surface area (Å²) in [5.41, 5.74) is 7.31. The highest BCUT2D eigenvalue weighted by atomic mass is 19.4. The van der Waals surface area contributed by atoms with Gasteiger partial charge in [-0.2, -0.15) is 26.3 Å². The number of benzene rings is 2. The van der Waals surface area contributed by atoms with E-state index in [-0.39, 0.29) is 24.7 Å². The second-order valence-electron chi connectivity index (χ2n) is 10.4. The number of hydrogen-bond acceptors (Lipinski definition) is 9. The molecule has 15 heteroatoms. The topological polar surface area (TPSA) is 129 Å². The van der Waals surface area contributed by atoms with Gasteiger partial charge in [0.25, 0.3) is 0 Å². The third kappa shape index (κ3) is 10.6. The Morgan fingerprint density at radius 3 is 1.76 bits per heavy atom. The van der Waals surface area contributed by atoms with E-state index in [0.717, 1.165) is 24.3 Å². The number of ether oxygens (including phenoxy) is 1. The molecule has 2 aromatic carbocycles. The Hall–Kier alpha value is -6.35. The minimum Gasteiger partial charge on any atom is -0.460 e. The van der Waals surface area contributed by atoms with Crippen LogP contribution in [0.3, 0.4) is 0 Å². The second-order valence-corrected chi connectivity index (χ2v) is 10.4. The summed E-state index contributed by atoms with van der Waals surface area (Å²) in [6.07, 6.45) is -6.05. The number of carbonyl (C=O) groups is 1. The van der Waals surface area contributed by atoms with Crippen LogP contribution in [0.2, 0.25) is 0 Å². The lowest BCUT2D eigenvalue weighted by Crippen LogP contribution is -2.06. The number of rotatable bonds is 5. The lowest BCUT2D eigenvalue weighted by atomic mass is 10.1. The van der Waals surface area contributed by atoms with Crippen LogP contribution in [0.5, 0.6) is 0 Å². The quantitative estimate of drug-likeness (QED) is 0.109. The first kappa shape index (κ1) is 37.5. The molecular formula is C36H28F6N6O3. The molecule has 0 atom stereocenters. The normalized spacial score (nSPS) is 10.8. The van der Waals surface area contributed by atoms with E-state index in [9.17, 15) is 31.1 Å². The maximum atomic E-state index is 12.7. The Balaban J connectivity index is 0.000000251. The number of esters is 1. The molecule has 0 aliphatic carbocycles. The zero-order chi connectivity index (χ0) is 37.2. The summed E-state index contributed by atoms with van der Waals surface area (Å²) in [6, 6.07) is 12.3. The van der Waals surface area contributed by atoms with Crippen LogP contribution in [-0.4, -0.2) is 32.5 Å². The molecule has 0 spiro atoms. The molecule has 0 radical (unpaired) electrons. The smallest absolute Gasteiger partial charge is 0.416 e.